The Bertz CT molecular complexity index is 7480. The third-order valence-electron chi connectivity index (χ3n) is 27.7. The summed E-state index contributed by atoms with van der Waals surface area (Å²) in [7, 11) is 0. The van der Waals surface area contributed by atoms with Crippen molar-refractivity contribution in [2.24, 2.45) is 0 Å². The molecule has 5 heteroatoms. The lowest BCUT2D eigenvalue weighted by molar-refractivity contribution is 0.568. The molecule has 0 unspecified atom stereocenters. The minimum absolute atomic E-state index is 0.00617. The predicted octanol–water partition coefficient (Wildman–Crippen LogP) is 33.3. The van der Waals surface area contributed by atoms with Crippen LogP contribution in [0.1, 0.15) is 274 Å². The standard InChI is InChI=1S/C124H135BN4/c1-115(2,3)81-50-45-76(46-51-81)92-39-35-41-94(80-65-88(122(22,23)24)69-89(66-80)123(25,26)27)113(92)129-109-73-90(126-104-43-33-31-37-96(104)97-38-32-34-44-105(97)126)57-60-103(109)125-102-59-49-78(79-63-86(120(16,17)18)68-87(64-79)121(19,20)21)67-108(102)128(110-74-91(75-111(129)112(110)125)127-106-61-55-83(117(7,8)9)70-99(106)100-71-84(118(10,11)12)56-62-107(100)127)114-93(77-47-52-82(53-48-77)116(4,5)6)40-36-42-98(114)95-58-54-85(119(13,14)15)72-101(95)124(28,29)30/h31-75H,1-30H3/i31D,32D,33D,34D,37D,38D,43D,44D. The van der Waals surface area contributed by atoms with E-state index in [0.29, 0.717) is 5.69 Å². The molecule has 0 N–H and O–H groups in total. The Kier molecular flexibility index (Phi) is 18.5. The lowest BCUT2D eigenvalue weighted by Gasteiger charge is -2.46. The van der Waals surface area contributed by atoms with E-state index in [4.69, 9.17) is 0 Å². The Morgan fingerprint density at radius 3 is 0.992 bits per heavy atom. The summed E-state index contributed by atoms with van der Waals surface area (Å²) in [5.41, 5.74) is 32.0. The molecular formula is C124H135BN4. The molecule has 2 aromatic heterocycles. The summed E-state index contributed by atoms with van der Waals surface area (Å²) in [6, 6.07) is 83.6. The zero-order valence-corrected chi connectivity index (χ0v) is 82.2. The molecule has 0 atom stereocenters. The van der Waals surface area contributed by atoms with Gasteiger partial charge in [-0.25, -0.2) is 0 Å². The second kappa shape index (κ2) is 30.5. The Labute approximate surface area is 783 Å². The van der Waals surface area contributed by atoms with Gasteiger partial charge in [0.15, 0.2) is 0 Å². The lowest BCUT2D eigenvalue weighted by atomic mass is 9.33. The molecule has 0 spiro atoms. The first-order chi connectivity index (χ1) is 63.6. The van der Waals surface area contributed by atoms with Crippen molar-refractivity contribution in [1.82, 2.24) is 9.13 Å². The molecule has 14 aromatic carbocycles. The van der Waals surface area contributed by atoms with Crippen molar-refractivity contribution in [3.05, 3.63) is 328 Å². The van der Waals surface area contributed by atoms with Gasteiger partial charge >= 0.3 is 0 Å². The Balaban J connectivity index is 1.12. The molecule has 0 saturated heterocycles. The second-order valence-corrected chi connectivity index (χ2v) is 47.5. The molecule has 4 nitrogen and oxygen atoms in total. The number of anilines is 6. The van der Waals surface area contributed by atoms with Crippen molar-refractivity contribution in [1.29, 1.82) is 0 Å². The molecule has 16 aromatic rings. The number of rotatable bonds is 9. The van der Waals surface area contributed by atoms with Crippen LogP contribution in [0.25, 0.3) is 111 Å². The molecule has 2 aliphatic rings. The van der Waals surface area contributed by atoms with E-state index in [1.165, 1.54) is 55.6 Å². The average molecular weight is 1700 g/mol. The summed E-state index contributed by atoms with van der Waals surface area (Å²) in [5.74, 6) is 0. The van der Waals surface area contributed by atoms with Crippen LogP contribution in [0.5, 0.6) is 0 Å². The van der Waals surface area contributed by atoms with Crippen molar-refractivity contribution in [3.8, 4) is 67.0 Å². The SMILES string of the molecule is [2H]c1c([2H])c([2H])c2c(c1[2H])c1c([2H])c([2H])c([2H])c([2H])c1n2-c1ccc2c(c1)N(c1c(-c3ccc(C(C)(C)C)cc3)cccc1-c1cc(C(C)(C)C)cc(C(C)(C)C)c1)c1cc(-n3c4ccc(C(C)(C)C)cc4c4cc(C(C)(C)C)ccc43)cc3c1B2c1ccc(-c2cc(C(C)(C)C)cc(C(C)(C)C)c2)cc1N3c1c(-c2ccc(C(C)(C)C)cc2)cccc1-c1ccc(C(C)(C)C)cc1C(C)(C)C. The van der Waals surface area contributed by atoms with Gasteiger partial charge < -0.3 is 18.9 Å². The van der Waals surface area contributed by atoms with Crippen LogP contribution < -0.4 is 26.2 Å². The van der Waals surface area contributed by atoms with Gasteiger partial charge in [-0.15, -0.1) is 0 Å². The first-order valence-electron chi connectivity index (χ1n) is 50.7. The summed E-state index contributed by atoms with van der Waals surface area (Å²) in [6.45, 7) is 68.7. The number of para-hydroxylation sites is 4. The summed E-state index contributed by atoms with van der Waals surface area (Å²) in [5, 5.41) is 2.28. The molecule has 0 saturated carbocycles. The van der Waals surface area contributed by atoms with Crippen LogP contribution in [0, 0.1) is 0 Å². The van der Waals surface area contributed by atoms with Crippen LogP contribution in [0.2, 0.25) is 0 Å². The lowest BCUT2D eigenvalue weighted by Crippen LogP contribution is -2.61. The highest BCUT2D eigenvalue weighted by Gasteiger charge is 2.47. The maximum Gasteiger partial charge on any atom is 0.252 e. The van der Waals surface area contributed by atoms with E-state index >= 15 is 0 Å². The van der Waals surface area contributed by atoms with Crippen LogP contribution >= 0.6 is 0 Å². The number of aromatic nitrogens is 2. The number of nitrogens with zero attached hydrogens (tertiary/aromatic N) is 4. The van der Waals surface area contributed by atoms with Crippen molar-refractivity contribution in [2.75, 3.05) is 9.80 Å². The summed E-state index contributed by atoms with van der Waals surface area (Å²) in [4.78, 5) is 5.25. The normalized spacial score (nSPS) is 14.6. The van der Waals surface area contributed by atoms with Crippen LogP contribution in [-0.4, -0.2) is 15.8 Å². The smallest absolute Gasteiger partial charge is 0.252 e. The summed E-state index contributed by atoms with van der Waals surface area (Å²) >= 11 is 0. The van der Waals surface area contributed by atoms with Crippen molar-refractivity contribution >= 4 is 101 Å². The fraction of sp³-hybridized carbons (Fsp3) is 0.323. The number of hydrogen-bond donors (Lipinski definition) is 0. The topological polar surface area (TPSA) is 16.3 Å². The van der Waals surface area contributed by atoms with Gasteiger partial charge in [-0.3, -0.25) is 0 Å². The number of hydrogen-bond acceptors (Lipinski definition) is 2. The first-order valence-corrected chi connectivity index (χ1v) is 46.7. The Hall–Kier alpha value is -11.7. The third-order valence-corrected chi connectivity index (χ3v) is 27.7. The van der Waals surface area contributed by atoms with E-state index in [9.17, 15) is 11.0 Å². The molecule has 129 heavy (non-hydrogen) atoms. The molecule has 0 aliphatic carbocycles. The fourth-order valence-corrected chi connectivity index (χ4v) is 19.8. The van der Waals surface area contributed by atoms with Crippen molar-refractivity contribution < 1.29 is 11.0 Å². The van der Waals surface area contributed by atoms with Crippen molar-refractivity contribution in [3.63, 3.8) is 0 Å². The minimum Gasteiger partial charge on any atom is -0.310 e. The zero-order valence-electron chi connectivity index (χ0n) is 90.2. The third kappa shape index (κ3) is 15.7. The predicted molar refractivity (Wildman–Crippen MR) is 563 cm³/mol. The highest BCUT2D eigenvalue weighted by Crippen LogP contribution is 2.57. The summed E-state index contributed by atoms with van der Waals surface area (Å²) in [6.07, 6.45) is 0. The molecule has 2 aliphatic heterocycles. The van der Waals surface area contributed by atoms with Gasteiger partial charge in [0.1, 0.15) is 0 Å². The molecule has 654 valence electrons. The van der Waals surface area contributed by atoms with Gasteiger partial charge in [-0.2, -0.15) is 0 Å². The molecule has 0 fully saturated rings. The molecule has 18 rings (SSSR count). The molecule has 0 amide bonds. The van der Waals surface area contributed by atoms with E-state index in [0.717, 1.165) is 134 Å². The fourth-order valence-electron chi connectivity index (χ4n) is 19.8. The Morgan fingerprint density at radius 2 is 0.566 bits per heavy atom. The molecule has 0 radical (unpaired) electrons. The zero-order chi connectivity index (χ0) is 99.2. The van der Waals surface area contributed by atoms with Crippen LogP contribution in [-0.2, 0) is 54.1 Å². The average Bonchev–Trinajstić information content (AvgIpc) is 1.54. The quantitative estimate of drug-likeness (QED) is 0.134. The highest BCUT2D eigenvalue weighted by atomic mass is 15.2. The van der Waals surface area contributed by atoms with Crippen LogP contribution in [0.3, 0.4) is 0 Å². The van der Waals surface area contributed by atoms with Gasteiger partial charge in [0.05, 0.1) is 50.1 Å². The maximum absolute atomic E-state index is 10.2. The van der Waals surface area contributed by atoms with Gasteiger partial charge in [0.2, 0.25) is 0 Å². The van der Waals surface area contributed by atoms with E-state index in [1.807, 2.05) is 6.07 Å². The van der Waals surface area contributed by atoms with Crippen LogP contribution in [0.4, 0.5) is 34.1 Å². The monoisotopic (exact) mass is 1700 g/mol. The maximum atomic E-state index is 10.2. The van der Waals surface area contributed by atoms with E-state index in [2.05, 4.69) is 440 Å². The van der Waals surface area contributed by atoms with Crippen molar-refractivity contribution in [2.45, 2.75) is 262 Å². The molecular weight excluding hydrogens is 1560 g/mol. The molecule has 0 bridgehead atoms. The first kappa shape index (κ1) is 78.4. The van der Waals surface area contributed by atoms with Crippen LogP contribution in [0.15, 0.2) is 273 Å². The Morgan fingerprint density at radius 1 is 0.225 bits per heavy atom. The number of benzene rings is 14. The number of fused-ring (bicyclic) bond motifs is 10. The van der Waals surface area contributed by atoms with Gasteiger partial charge in [0, 0.05) is 72.2 Å². The van der Waals surface area contributed by atoms with Gasteiger partial charge in [-0.05, 0) is 226 Å². The van der Waals surface area contributed by atoms with Gasteiger partial charge in [0.25, 0.3) is 6.71 Å². The second-order valence-electron chi connectivity index (χ2n) is 47.5. The van der Waals surface area contributed by atoms with E-state index in [1.54, 1.807) is 4.57 Å². The summed E-state index contributed by atoms with van der Waals surface area (Å²) < 4.78 is 82.3. The van der Waals surface area contributed by atoms with E-state index in [-0.39, 0.29) is 88.0 Å². The largest absolute Gasteiger partial charge is 0.310 e. The van der Waals surface area contributed by atoms with Gasteiger partial charge in [-0.1, -0.05) is 414 Å². The van der Waals surface area contributed by atoms with E-state index < -0.39 is 43.0 Å². The molecule has 4 heterocycles. The minimum atomic E-state index is -0.591. The highest BCUT2D eigenvalue weighted by molar-refractivity contribution is 7.00.